The lowest BCUT2D eigenvalue weighted by Gasteiger charge is -2.34. The largest absolute Gasteiger partial charge is 0.354 e. The SMILES string of the molecule is CC(C)(C)c1ccc(S(=O)(=O)NCCCN2CCN(c3noc4ccccc34)CC2)cc1. The molecule has 32 heavy (non-hydrogen) atoms. The molecule has 7 nitrogen and oxygen atoms in total. The van der Waals surface area contributed by atoms with Crippen LogP contribution in [0.2, 0.25) is 0 Å². The number of nitrogens with zero attached hydrogens (tertiary/aromatic N) is 3. The summed E-state index contributed by atoms with van der Waals surface area (Å²) in [4.78, 5) is 4.94. The predicted molar refractivity (Wildman–Crippen MR) is 128 cm³/mol. The molecule has 4 rings (SSSR count). The Morgan fingerprint density at radius 2 is 1.69 bits per heavy atom. The fourth-order valence-corrected chi connectivity index (χ4v) is 5.08. The van der Waals surface area contributed by atoms with Gasteiger partial charge in [-0.1, -0.05) is 50.2 Å². The van der Waals surface area contributed by atoms with E-state index in [-0.39, 0.29) is 5.41 Å². The Balaban J connectivity index is 1.22. The summed E-state index contributed by atoms with van der Waals surface area (Å²) in [6.07, 6.45) is 0.770. The Hall–Kier alpha value is -2.42. The van der Waals surface area contributed by atoms with Crippen molar-refractivity contribution in [2.45, 2.75) is 37.5 Å². The van der Waals surface area contributed by atoms with E-state index >= 15 is 0 Å². The van der Waals surface area contributed by atoms with Crippen LogP contribution in [0.4, 0.5) is 5.82 Å². The van der Waals surface area contributed by atoms with Crippen LogP contribution in [0.3, 0.4) is 0 Å². The van der Waals surface area contributed by atoms with Gasteiger partial charge in [-0.05, 0) is 48.2 Å². The summed E-state index contributed by atoms with van der Waals surface area (Å²) in [5, 5.41) is 5.30. The van der Waals surface area contributed by atoms with Crippen LogP contribution in [-0.2, 0) is 15.4 Å². The maximum absolute atomic E-state index is 12.6. The molecule has 1 aliphatic heterocycles. The molecule has 0 aliphatic carbocycles. The lowest BCUT2D eigenvalue weighted by atomic mass is 9.87. The number of nitrogens with one attached hydrogen (secondary N) is 1. The molecule has 0 atom stereocenters. The normalized spacial score (nSPS) is 16.0. The smallest absolute Gasteiger partial charge is 0.240 e. The molecular formula is C24H32N4O3S. The molecule has 1 fully saturated rings. The maximum atomic E-state index is 12.6. The van der Waals surface area contributed by atoms with E-state index in [0.717, 1.165) is 61.5 Å². The van der Waals surface area contributed by atoms with Gasteiger partial charge < -0.3 is 9.42 Å². The van der Waals surface area contributed by atoms with Gasteiger partial charge in [-0.25, -0.2) is 13.1 Å². The number of hydrogen-bond donors (Lipinski definition) is 1. The number of rotatable bonds is 7. The molecule has 0 amide bonds. The van der Waals surface area contributed by atoms with Crippen molar-refractivity contribution in [1.29, 1.82) is 0 Å². The van der Waals surface area contributed by atoms with E-state index < -0.39 is 10.0 Å². The zero-order valence-corrected chi connectivity index (χ0v) is 19.9. The standard InChI is InChI=1S/C24H32N4O3S/c1-24(2,3)19-9-11-20(12-10-19)32(29,30)25-13-6-14-27-15-17-28(18-16-27)23-21-7-4-5-8-22(21)31-26-23/h4-5,7-12,25H,6,13-18H2,1-3H3. The van der Waals surface area contributed by atoms with Crippen LogP contribution in [-0.4, -0.2) is 57.7 Å². The monoisotopic (exact) mass is 456 g/mol. The number of hydrogen-bond acceptors (Lipinski definition) is 6. The van der Waals surface area contributed by atoms with Gasteiger partial charge in [0.15, 0.2) is 11.4 Å². The summed E-state index contributed by atoms with van der Waals surface area (Å²) in [7, 11) is -3.48. The second-order valence-corrected chi connectivity index (χ2v) is 11.1. The van der Waals surface area contributed by atoms with Crippen molar-refractivity contribution < 1.29 is 12.9 Å². The summed E-state index contributed by atoms with van der Waals surface area (Å²) >= 11 is 0. The maximum Gasteiger partial charge on any atom is 0.240 e. The second-order valence-electron chi connectivity index (χ2n) is 9.36. The first-order valence-corrected chi connectivity index (χ1v) is 12.6. The van der Waals surface area contributed by atoms with Crippen LogP contribution in [0.5, 0.6) is 0 Å². The van der Waals surface area contributed by atoms with Gasteiger partial charge in [-0.3, -0.25) is 4.90 Å². The average Bonchev–Trinajstić information content (AvgIpc) is 3.21. The van der Waals surface area contributed by atoms with E-state index in [0.29, 0.717) is 11.4 Å². The second kappa shape index (κ2) is 9.21. The van der Waals surface area contributed by atoms with E-state index in [1.807, 2.05) is 36.4 Å². The molecule has 2 heterocycles. The number of piperazine rings is 1. The molecule has 1 saturated heterocycles. The molecule has 1 aliphatic rings. The van der Waals surface area contributed by atoms with Crippen molar-refractivity contribution in [3.8, 4) is 0 Å². The highest BCUT2D eigenvalue weighted by atomic mass is 32.2. The average molecular weight is 457 g/mol. The van der Waals surface area contributed by atoms with Crippen molar-refractivity contribution in [1.82, 2.24) is 14.8 Å². The molecular weight excluding hydrogens is 424 g/mol. The van der Waals surface area contributed by atoms with Gasteiger partial charge in [-0.2, -0.15) is 0 Å². The number of benzene rings is 2. The van der Waals surface area contributed by atoms with Crippen LogP contribution in [0.15, 0.2) is 57.9 Å². The summed E-state index contributed by atoms with van der Waals surface area (Å²) < 4.78 is 33.3. The van der Waals surface area contributed by atoms with Crippen LogP contribution < -0.4 is 9.62 Å². The van der Waals surface area contributed by atoms with Crippen LogP contribution in [0, 0.1) is 0 Å². The quantitative estimate of drug-likeness (QED) is 0.547. The number of para-hydroxylation sites is 1. The highest BCUT2D eigenvalue weighted by molar-refractivity contribution is 7.89. The molecule has 3 aromatic rings. The number of anilines is 1. The molecule has 8 heteroatoms. The Morgan fingerprint density at radius 1 is 1.00 bits per heavy atom. The highest BCUT2D eigenvalue weighted by Gasteiger charge is 2.22. The highest BCUT2D eigenvalue weighted by Crippen LogP contribution is 2.26. The lowest BCUT2D eigenvalue weighted by molar-refractivity contribution is 0.254. The fraction of sp³-hybridized carbons (Fsp3) is 0.458. The number of sulfonamides is 1. The van der Waals surface area contributed by atoms with E-state index in [4.69, 9.17) is 4.52 Å². The summed E-state index contributed by atoms with van der Waals surface area (Å²) in [5.41, 5.74) is 1.93. The summed E-state index contributed by atoms with van der Waals surface area (Å²) in [6.45, 7) is 11.2. The van der Waals surface area contributed by atoms with Crippen molar-refractivity contribution in [2.75, 3.05) is 44.2 Å². The van der Waals surface area contributed by atoms with E-state index in [1.54, 1.807) is 12.1 Å². The Kier molecular flexibility index (Phi) is 6.55. The molecule has 0 unspecified atom stereocenters. The van der Waals surface area contributed by atoms with Gasteiger partial charge in [0.1, 0.15) is 0 Å². The minimum Gasteiger partial charge on any atom is -0.354 e. The van der Waals surface area contributed by atoms with Crippen LogP contribution in [0.25, 0.3) is 11.0 Å². The Bertz CT molecular complexity index is 1140. The van der Waals surface area contributed by atoms with Crippen molar-refractivity contribution in [3.63, 3.8) is 0 Å². The lowest BCUT2D eigenvalue weighted by Crippen LogP contribution is -2.47. The first-order chi connectivity index (χ1) is 15.2. The van der Waals surface area contributed by atoms with E-state index in [1.165, 1.54) is 0 Å². The van der Waals surface area contributed by atoms with Crippen molar-refractivity contribution >= 4 is 26.8 Å². The number of fused-ring (bicyclic) bond motifs is 1. The molecule has 0 saturated carbocycles. The number of aromatic nitrogens is 1. The summed E-state index contributed by atoms with van der Waals surface area (Å²) in [5.74, 6) is 0.908. The van der Waals surface area contributed by atoms with E-state index in [2.05, 4.69) is 40.4 Å². The topological polar surface area (TPSA) is 78.7 Å². The third-order valence-corrected chi connectivity index (χ3v) is 7.48. The zero-order chi connectivity index (χ0) is 22.8. The van der Waals surface area contributed by atoms with Crippen LogP contribution >= 0.6 is 0 Å². The molecule has 0 bridgehead atoms. The minimum atomic E-state index is -3.48. The molecule has 0 spiro atoms. The third kappa shape index (κ3) is 5.14. The molecule has 172 valence electrons. The molecule has 2 aromatic carbocycles. The molecule has 0 radical (unpaired) electrons. The first kappa shape index (κ1) is 22.8. The van der Waals surface area contributed by atoms with Gasteiger partial charge >= 0.3 is 0 Å². The van der Waals surface area contributed by atoms with Crippen molar-refractivity contribution in [2.24, 2.45) is 0 Å². The predicted octanol–water partition coefficient (Wildman–Crippen LogP) is 3.62. The molecule has 1 N–H and O–H groups in total. The van der Waals surface area contributed by atoms with Crippen molar-refractivity contribution in [3.05, 3.63) is 54.1 Å². The Morgan fingerprint density at radius 3 is 2.38 bits per heavy atom. The minimum absolute atomic E-state index is 0.000512. The van der Waals surface area contributed by atoms with Crippen LogP contribution in [0.1, 0.15) is 32.8 Å². The van der Waals surface area contributed by atoms with Gasteiger partial charge in [-0.15, -0.1) is 0 Å². The Labute approximate surface area is 190 Å². The molecule has 1 aromatic heterocycles. The van der Waals surface area contributed by atoms with Gasteiger partial charge in [0.2, 0.25) is 10.0 Å². The first-order valence-electron chi connectivity index (χ1n) is 11.2. The van der Waals surface area contributed by atoms with Gasteiger partial charge in [0, 0.05) is 32.7 Å². The zero-order valence-electron chi connectivity index (χ0n) is 19.0. The summed E-state index contributed by atoms with van der Waals surface area (Å²) in [6, 6.07) is 15.1. The fourth-order valence-electron chi connectivity index (χ4n) is 4.01. The van der Waals surface area contributed by atoms with E-state index in [9.17, 15) is 8.42 Å². The van der Waals surface area contributed by atoms with Gasteiger partial charge in [0.25, 0.3) is 0 Å². The third-order valence-electron chi connectivity index (χ3n) is 6.00. The van der Waals surface area contributed by atoms with Gasteiger partial charge in [0.05, 0.1) is 10.3 Å².